The van der Waals surface area contributed by atoms with Gasteiger partial charge in [-0.2, -0.15) is 5.26 Å². The number of aromatic nitrogens is 2. The second-order valence-corrected chi connectivity index (χ2v) is 4.27. The van der Waals surface area contributed by atoms with E-state index in [4.69, 9.17) is 5.26 Å². The molecule has 2 aromatic rings. The fourth-order valence-electron chi connectivity index (χ4n) is 1.72. The van der Waals surface area contributed by atoms with Crippen molar-refractivity contribution in [2.45, 2.75) is 13.5 Å². The molecule has 0 saturated heterocycles. The molecule has 0 aliphatic heterocycles. The van der Waals surface area contributed by atoms with Crippen molar-refractivity contribution >= 4 is 17.4 Å². The Morgan fingerprint density at radius 3 is 2.67 bits per heavy atom. The summed E-state index contributed by atoms with van der Waals surface area (Å²) >= 11 is 0. The second kappa shape index (κ2) is 5.83. The number of hydrogen-bond acceptors (Lipinski definition) is 5. The highest BCUT2D eigenvalue weighted by molar-refractivity contribution is 5.90. The van der Waals surface area contributed by atoms with Crippen molar-refractivity contribution in [2.75, 3.05) is 5.32 Å². The van der Waals surface area contributed by atoms with E-state index >= 15 is 0 Å². The number of carbonyl (C=O) groups is 1. The Morgan fingerprint density at radius 2 is 2.14 bits per heavy atom. The number of rotatable bonds is 4. The number of hydrogen-bond donors (Lipinski definition) is 1. The van der Waals surface area contributed by atoms with Gasteiger partial charge in [-0.1, -0.05) is 0 Å². The molecule has 0 radical (unpaired) electrons. The molecule has 0 aliphatic carbocycles. The summed E-state index contributed by atoms with van der Waals surface area (Å²) < 4.78 is 1.40. The number of anilines is 1. The van der Waals surface area contributed by atoms with Gasteiger partial charge in [0, 0.05) is 12.6 Å². The molecule has 0 spiro atoms. The third kappa shape index (κ3) is 3.42. The van der Waals surface area contributed by atoms with Crippen LogP contribution in [-0.2, 0) is 11.3 Å². The molecule has 0 saturated carbocycles. The molecule has 0 unspecified atom stereocenters. The summed E-state index contributed by atoms with van der Waals surface area (Å²) in [5.41, 5.74) is 1.04. The highest BCUT2D eigenvalue weighted by Crippen LogP contribution is 2.12. The average molecular weight is 285 g/mol. The van der Waals surface area contributed by atoms with Gasteiger partial charge in [0.2, 0.25) is 11.7 Å². The van der Waals surface area contributed by atoms with Crippen LogP contribution in [0.4, 0.5) is 11.5 Å². The second-order valence-electron chi connectivity index (χ2n) is 4.27. The van der Waals surface area contributed by atoms with Crippen LogP contribution >= 0.6 is 0 Å². The molecule has 21 heavy (non-hydrogen) atoms. The van der Waals surface area contributed by atoms with Crippen LogP contribution in [0.2, 0.25) is 0 Å². The van der Waals surface area contributed by atoms with Crippen LogP contribution in [0.1, 0.15) is 11.4 Å². The number of amides is 1. The molecule has 0 fully saturated rings. The van der Waals surface area contributed by atoms with Crippen LogP contribution in [0.15, 0.2) is 30.5 Å². The maximum Gasteiger partial charge on any atom is 0.381 e. The smallest absolute Gasteiger partial charge is 0.358 e. The number of nitrogens with one attached hydrogen (secondary N) is 1. The van der Waals surface area contributed by atoms with E-state index in [0.717, 1.165) is 0 Å². The first-order valence-corrected chi connectivity index (χ1v) is 5.98. The Labute approximate surface area is 119 Å². The molecular formula is C13H11N5O3. The van der Waals surface area contributed by atoms with Crippen molar-refractivity contribution in [3.8, 4) is 6.07 Å². The van der Waals surface area contributed by atoms with Crippen molar-refractivity contribution in [2.24, 2.45) is 0 Å². The minimum atomic E-state index is -0.609. The first kappa shape index (κ1) is 14.2. The van der Waals surface area contributed by atoms with E-state index in [0.29, 0.717) is 17.1 Å². The summed E-state index contributed by atoms with van der Waals surface area (Å²) in [7, 11) is 0. The van der Waals surface area contributed by atoms with Gasteiger partial charge in [0.05, 0.1) is 11.6 Å². The zero-order valence-corrected chi connectivity index (χ0v) is 11.1. The fraction of sp³-hybridized carbons (Fsp3) is 0.154. The van der Waals surface area contributed by atoms with E-state index in [1.807, 2.05) is 6.07 Å². The number of imidazole rings is 1. The number of benzene rings is 1. The molecule has 0 aliphatic rings. The van der Waals surface area contributed by atoms with Crippen molar-refractivity contribution < 1.29 is 9.72 Å². The van der Waals surface area contributed by atoms with E-state index in [-0.39, 0.29) is 18.3 Å². The summed E-state index contributed by atoms with van der Waals surface area (Å²) in [6.45, 7) is 1.51. The summed E-state index contributed by atoms with van der Waals surface area (Å²) in [6.07, 6.45) is 1.22. The largest absolute Gasteiger partial charge is 0.381 e. The number of nitro groups is 1. The minimum absolute atomic E-state index is 0.0767. The van der Waals surface area contributed by atoms with Crippen molar-refractivity contribution in [3.05, 3.63) is 52.0 Å². The van der Waals surface area contributed by atoms with Gasteiger partial charge in [-0.05, 0) is 34.2 Å². The van der Waals surface area contributed by atoms with Crippen LogP contribution in [0.5, 0.6) is 0 Å². The molecule has 1 amide bonds. The first-order chi connectivity index (χ1) is 9.99. The van der Waals surface area contributed by atoms with E-state index < -0.39 is 4.92 Å². The highest BCUT2D eigenvalue weighted by atomic mass is 16.6. The van der Waals surface area contributed by atoms with Crippen LogP contribution in [0.3, 0.4) is 0 Å². The Morgan fingerprint density at radius 1 is 1.48 bits per heavy atom. The minimum Gasteiger partial charge on any atom is -0.358 e. The Kier molecular flexibility index (Phi) is 3.95. The van der Waals surface area contributed by atoms with Gasteiger partial charge in [0.15, 0.2) is 0 Å². The Bertz CT molecular complexity index is 727. The number of aryl methyl sites for hydroxylation is 1. The molecule has 0 atom stereocenters. The first-order valence-electron chi connectivity index (χ1n) is 5.98. The maximum absolute atomic E-state index is 11.9. The molecule has 0 bridgehead atoms. The van der Waals surface area contributed by atoms with Gasteiger partial charge in [0.25, 0.3) is 0 Å². The highest BCUT2D eigenvalue weighted by Gasteiger charge is 2.16. The Balaban J connectivity index is 2.04. The average Bonchev–Trinajstić information content (AvgIpc) is 2.81. The lowest BCUT2D eigenvalue weighted by Crippen LogP contribution is -2.19. The lowest BCUT2D eigenvalue weighted by Gasteiger charge is -2.05. The van der Waals surface area contributed by atoms with Crippen molar-refractivity contribution in [1.29, 1.82) is 5.26 Å². The van der Waals surface area contributed by atoms with Gasteiger partial charge in [-0.25, -0.2) is 0 Å². The predicted molar refractivity (Wildman–Crippen MR) is 73.4 cm³/mol. The third-order valence-electron chi connectivity index (χ3n) is 2.76. The molecule has 1 aromatic heterocycles. The van der Waals surface area contributed by atoms with Gasteiger partial charge >= 0.3 is 5.82 Å². The topological polar surface area (TPSA) is 114 Å². The molecule has 2 rings (SSSR count). The van der Waals surface area contributed by atoms with Gasteiger partial charge in [0.1, 0.15) is 12.7 Å². The molecule has 1 heterocycles. The molecule has 1 N–H and O–H groups in total. The summed E-state index contributed by atoms with van der Waals surface area (Å²) in [6, 6.07) is 8.37. The fourth-order valence-corrected chi connectivity index (χ4v) is 1.72. The Hall–Kier alpha value is -3.21. The zero-order valence-electron chi connectivity index (χ0n) is 11.1. The normalized spacial score (nSPS) is 9.90. The van der Waals surface area contributed by atoms with Crippen molar-refractivity contribution in [1.82, 2.24) is 9.55 Å². The zero-order chi connectivity index (χ0) is 15.4. The summed E-state index contributed by atoms with van der Waals surface area (Å²) in [5.74, 6) is -0.245. The quantitative estimate of drug-likeness (QED) is 0.677. The summed E-state index contributed by atoms with van der Waals surface area (Å²) in [5, 5.41) is 21.9. The lowest BCUT2D eigenvalue weighted by atomic mass is 10.2. The van der Waals surface area contributed by atoms with Crippen LogP contribution in [-0.4, -0.2) is 20.4 Å². The number of nitriles is 1. The van der Waals surface area contributed by atoms with Crippen LogP contribution in [0.25, 0.3) is 0 Å². The molecular weight excluding hydrogens is 274 g/mol. The standard InChI is InChI=1S/C13H11N5O3/c1-9-15-12(18(20)21)7-17(9)8-13(19)16-11-4-2-10(6-14)3-5-11/h2-5,7H,8H2,1H3,(H,16,19). The van der Waals surface area contributed by atoms with Gasteiger partial charge in [-0.15, -0.1) is 0 Å². The maximum atomic E-state index is 11.9. The van der Waals surface area contributed by atoms with E-state index in [9.17, 15) is 14.9 Å². The predicted octanol–water partition coefficient (Wildman–Crippen LogP) is 1.61. The molecule has 1 aromatic carbocycles. The lowest BCUT2D eigenvalue weighted by molar-refractivity contribution is -0.389. The molecule has 8 heteroatoms. The van der Waals surface area contributed by atoms with Gasteiger partial charge < -0.3 is 15.4 Å². The van der Waals surface area contributed by atoms with E-state index in [1.54, 1.807) is 31.2 Å². The van der Waals surface area contributed by atoms with Crippen molar-refractivity contribution in [3.63, 3.8) is 0 Å². The molecule has 106 valence electrons. The van der Waals surface area contributed by atoms with E-state index in [1.165, 1.54) is 10.8 Å². The van der Waals surface area contributed by atoms with Gasteiger partial charge in [-0.3, -0.25) is 9.36 Å². The van der Waals surface area contributed by atoms with Crippen LogP contribution in [0, 0.1) is 28.4 Å². The van der Waals surface area contributed by atoms with E-state index in [2.05, 4.69) is 10.3 Å². The SMILES string of the molecule is Cc1nc([N+](=O)[O-])cn1CC(=O)Nc1ccc(C#N)cc1. The van der Waals surface area contributed by atoms with Crippen LogP contribution < -0.4 is 5.32 Å². The number of nitrogens with zero attached hydrogens (tertiary/aromatic N) is 4. The third-order valence-corrected chi connectivity index (χ3v) is 2.76. The monoisotopic (exact) mass is 285 g/mol. The summed E-state index contributed by atoms with van der Waals surface area (Å²) in [4.78, 5) is 25.6. The number of carbonyl (C=O) groups excluding carboxylic acids is 1. The molecule has 8 nitrogen and oxygen atoms in total.